The van der Waals surface area contributed by atoms with Gasteiger partial charge in [0, 0.05) is 0 Å². The van der Waals surface area contributed by atoms with Gasteiger partial charge in [-0.05, 0) is 38.1 Å². The van der Waals surface area contributed by atoms with Crippen LogP contribution in [-0.2, 0) is 12.6 Å². The summed E-state index contributed by atoms with van der Waals surface area (Å²) in [6.07, 6.45) is -3.07. The van der Waals surface area contributed by atoms with Gasteiger partial charge in [-0.2, -0.15) is 13.2 Å². The van der Waals surface area contributed by atoms with E-state index in [1.807, 2.05) is 0 Å². The minimum absolute atomic E-state index is 0.375. The molecule has 0 aromatic heterocycles. The summed E-state index contributed by atoms with van der Waals surface area (Å²) in [6, 6.07) is 5.74. The first kappa shape index (κ1) is 12.0. The Bertz CT molecular complexity index is 307. The zero-order valence-corrected chi connectivity index (χ0v) is 8.56. The van der Waals surface area contributed by atoms with Crippen molar-refractivity contribution in [3.8, 4) is 0 Å². The average Bonchev–Trinajstić information content (AvgIpc) is 2.17. The van der Waals surface area contributed by atoms with E-state index in [2.05, 4.69) is 5.32 Å². The van der Waals surface area contributed by atoms with E-state index in [1.165, 1.54) is 6.07 Å². The molecule has 0 aliphatic rings. The van der Waals surface area contributed by atoms with Gasteiger partial charge in [0.15, 0.2) is 0 Å². The van der Waals surface area contributed by atoms with Crippen molar-refractivity contribution in [1.29, 1.82) is 0 Å². The molecule has 1 aromatic carbocycles. The molecule has 1 aromatic rings. The van der Waals surface area contributed by atoms with Crippen LogP contribution in [0.15, 0.2) is 24.3 Å². The molecule has 0 saturated heterocycles. The Morgan fingerprint density at radius 3 is 2.47 bits per heavy atom. The first-order chi connectivity index (χ1) is 7.05. The Morgan fingerprint density at radius 2 is 1.87 bits per heavy atom. The molecule has 84 valence electrons. The number of rotatable bonds is 4. The molecule has 0 spiro atoms. The molecule has 0 unspecified atom stereocenters. The van der Waals surface area contributed by atoms with Crippen LogP contribution in [0.1, 0.15) is 17.5 Å². The predicted octanol–water partition coefficient (Wildman–Crippen LogP) is 2.86. The lowest BCUT2D eigenvalue weighted by Crippen LogP contribution is -2.12. The predicted molar refractivity (Wildman–Crippen MR) is 53.7 cm³/mol. The van der Waals surface area contributed by atoms with E-state index >= 15 is 0 Å². The fraction of sp³-hybridized carbons (Fsp3) is 0.455. The lowest BCUT2D eigenvalue weighted by atomic mass is 10.0. The first-order valence-corrected chi connectivity index (χ1v) is 4.85. The van der Waals surface area contributed by atoms with Crippen molar-refractivity contribution in [3.05, 3.63) is 35.4 Å². The highest BCUT2D eigenvalue weighted by molar-refractivity contribution is 5.29. The zero-order valence-electron chi connectivity index (χ0n) is 8.56. The quantitative estimate of drug-likeness (QED) is 0.765. The summed E-state index contributed by atoms with van der Waals surface area (Å²) in [5.74, 6) is 0. The summed E-state index contributed by atoms with van der Waals surface area (Å²) in [4.78, 5) is 0. The smallest absolute Gasteiger partial charge is 0.320 e. The fourth-order valence-electron chi connectivity index (χ4n) is 1.47. The summed E-state index contributed by atoms with van der Waals surface area (Å²) >= 11 is 0. The second-order valence-electron chi connectivity index (χ2n) is 3.36. The van der Waals surface area contributed by atoms with E-state index in [-0.39, 0.29) is 0 Å². The van der Waals surface area contributed by atoms with Crippen LogP contribution < -0.4 is 5.32 Å². The van der Waals surface area contributed by atoms with Gasteiger partial charge in [0.1, 0.15) is 0 Å². The molecule has 0 heterocycles. The van der Waals surface area contributed by atoms with Gasteiger partial charge in [-0.15, -0.1) is 0 Å². The number of aryl methyl sites for hydroxylation is 1. The van der Waals surface area contributed by atoms with Crippen LogP contribution in [0.2, 0.25) is 0 Å². The molecule has 4 heteroatoms. The van der Waals surface area contributed by atoms with E-state index in [1.54, 1.807) is 19.2 Å². The van der Waals surface area contributed by atoms with Gasteiger partial charge < -0.3 is 5.32 Å². The van der Waals surface area contributed by atoms with Crippen LogP contribution in [0.5, 0.6) is 0 Å². The van der Waals surface area contributed by atoms with Crippen molar-refractivity contribution in [3.63, 3.8) is 0 Å². The molecule has 1 rings (SSSR count). The van der Waals surface area contributed by atoms with Crippen molar-refractivity contribution in [1.82, 2.24) is 5.32 Å². The SMILES string of the molecule is CNCCCc1ccccc1C(F)(F)F. The Labute approximate surface area is 87.3 Å². The fourth-order valence-corrected chi connectivity index (χ4v) is 1.47. The first-order valence-electron chi connectivity index (χ1n) is 4.85. The van der Waals surface area contributed by atoms with E-state index < -0.39 is 11.7 Å². The second-order valence-corrected chi connectivity index (χ2v) is 3.36. The average molecular weight is 217 g/mol. The topological polar surface area (TPSA) is 12.0 Å². The number of alkyl halides is 3. The highest BCUT2D eigenvalue weighted by Gasteiger charge is 2.32. The molecule has 0 aliphatic carbocycles. The Kier molecular flexibility index (Phi) is 4.15. The zero-order chi connectivity index (χ0) is 11.3. The van der Waals surface area contributed by atoms with Crippen molar-refractivity contribution in [2.24, 2.45) is 0 Å². The van der Waals surface area contributed by atoms with Crippen LogP contribution in [0.25, 0.3) is 0 Å². The third-order valence-corrected chi connectivity index (χ3v) is 2.20. The van der Waals surface area contributed by atoms with Gasteiger partial charge in [-0.1, -0.05) is 18.2 Å². The molecule has 1 nitrogen and oxygen atoms in total. The number of hydrogen-bond donors (Lipinski definition) is 1. The number of hydrogen-bond acceptors (Lipinski definition) is 1. The van der Waals surface area contributed by atoms with E-state index in [9.17, 15) is 13.2 Å². The lowest BCUT2D eigenvalue weighted by Gasteiger charge is -2.12. The third kappa shape index (κ3) is 3.55. The molecule has 0 bridgehead atoms. The maximum absolute atomic E-state index is 12.5. The van der Waals surface area contributed by atoms with Gasteiger partial charge in [-0.3, -0.25) is 0 Å². The van der Waals surface area contributed by atoms with E-state index in [0.717, 1.165) is 12.6 Å². The van der Waals surface area contributed by atoms with Crippen molar-refractivity contribution in [2.45, 2.75) is 19.0 Å². The monoisotopic (exact) mass is 217 g/mol. The molecule has 0 fully saturated rings. The molecule has 0 amide bonds. The van der Waals surface area contributed by atoms with Gasteiger partial charge in [0.2, 0.25) is 0 Å². The largest absolute Gasteiger partial charge is 0.416 e. The van der Waals surface area contributed by atoms with Crippen LogP contribution in [-0.4, -0.2) is 13.6 Å². The van der Waals surface area contributed by atoms with Gasteiger partial charge in [0.05, 0.1) is 5.56 Å². The van der Waals surface area contributed by atoms with Crippen LogP contribution in [0.4, 0.5) is 13.2 Å². The molecular weight excluding hydrogens is 203 g/mol. The van der Waals surface area contributed by atoms with Crippen LogP contribution in [0.3, 0.4) is 0 Å². The number of halogens is 3. The minimum Gasteiger partial charge on any atom is -0.320 e. The van der Waals surface area contributed by atoms with Gasteiger partial charge >= 0.3 is 6.18 Å². The molecule has 0 saturated carbocycles. The van der Waals surface area contributed by atoms with Crippen molar-refractivity contribution >= 4 is 0 Å². The maximum atomic E-state index is 12.5. The maximum Gasteiger partial charge on any atom is 0.416 e. The lowest BCUT2D eigenvalue weighted by molar-refractivity contribution is -0.138. The van der Waals surface area contributed by atoms with E-state index in [0.29, 0.717) is 18.4 Å². The van der Waals surface area contributed by atoms with Gasteiger partial charge in [-0.25, -0.2) is 0 Å². The molecule has 0 atom stereocenters. The Balaban J connectivity index is 2.78. The summed E-state index contributed by atoms with van der Waals surface area (Å²) in [5, 5.41) is 2.91. The highest BCUT2D eigenvalue weighted by Crippen LogP contribution is 2.32. The minimum atomic E-state index is -4.24. The molecule has 15 heavy (non-hydrogen) atoms. The summed E-state index contributed by atoms with van der Waals surface area (Å²) < 4.78 is 37.6. The summed E-state index contributed by atoms with van der Waals surface area (Å²) in [6.45, 7) is 0.728. The highest BCUT2D eigenvalue weighted by atomic mass is 19.4. The number of benzene rings is 1. The second kappa shape index (κ2) is 5.16. The molecule has 1 N–H and O–H groups in total. The van der Waals surface area contributed by atoms with E-state index in [4.69, 9.17) is 0 Å². The Hall–Kier alpha value is -1.03. The molecular formula is C11H14F3N. The van der Waals surface area contributed by atoms with Crippen LogP contribution >= 0.6 is 0 Å². The molecule has 0 aliphatic heterocycles. The normalized spacial score (nSPS) is 11.7. The molecule has 0 radical (unpaired) electrons. The van der Waals surface area contributed by atoms with Gasteiger partial charge in [0.25, 0.3) is 0 Å². The summed E-state index contributed by atoms with van der Waals surface area (Å²) in [5.41, 5.74) is -0.138. The third-order valence-electron chi connectivity index (χ3n) is 2.20. The van der Waals surface area contributed by atoms with Crippen molar-refractivity contribution < 1.29 is 13.2 Å². The Morgan fingerprint density at radius 1 is 1.20 bits per heavy atom. The van der Waals surface area contributed by atoms with Crippen LogP contribution in [0, 0.1) is 0 Å². The standard InChI is InChI=1S/C11H14F3N/c1-15-8-4-6-9-5-2-3-7-10(9)11(12,13)14/h2-3,5,7,15H,4,6,8H2,1H3. The van der Waals surface area contributed by atoms with Crippen molar-refractivity contribution in [2.75, 3.05) is 13.6 Å². The number of nitrogens with one attached hydrogen (secondary N) is 1. The summed E-state index contributed by atoms with van der Waals surface area (Å²) in [7, 11) is 1.79.